The zero-order valence-electron chi connectivity index (χ0n) is 18.0. The lowest BCUT2D eigenvalue weighted by Crippen LogP contribution is -2.21. The van der Waals surface area contributed by atoms with Gasteiger partial charge in [-0.2, -0.15) is 0 Å². The van der Waals surface area contributed by atoms with Crippen LogP contribution in [0.15, 0.2) is 83.5 Å². The van der Waals surface area contributed by atoms with Crippen molar-refractivity contribution in [3.8, 4) is 5.75 Å². The summed E-state index contributed by atoms with van der Waals surface area (Å²) in [7, 11) is 0. The van der Waals surface area contributed by atoms with E-state index in [0.29, 0.717) is 11.1 Å². The summed E-state index contributed by atoms with van der Waals surface area (Å²) in [5.74, 6) is -0.187. The van der Waals surface area contributed by atoms with Gasteiger partial charge in [0.2, 0.25) is 0 Å². The standard InChI is InChI=1S/C27H30O3/c1-5-9-25(22(4)27(28)29)19-30-26-13-8-11-23(18-26)16-14-20(2)15-17-24-12-7-6-10-21(24)3/h5-13,15,17-18H,3,14,16,19H2,1-2,4H3,(H,28,29)/b9-5-,20-15+,24-17-,25-22-. The number of carboxylic acids is 1. The zero-order chi connectivity index (χ0) is 21.9. The number of hydrogen-bond donors (Lipinski definition) is 1. The van der Waals surface area contributed by atoms with E-state index in [-0.39, 0.29) is 6.61 Å². The molecule has 0 unspecified atom stereocenters. The topological polar surface area (TPSA) is 46.5 Å². The van der Waals surface area contributed by atoms with Crippen molar-refractivity contribution >= 4 is 18.6 Å². The SMILES string of the molecule is C=c1cccc/c1=C/C=C(\C)CCc1cccc(OCC(/C=C\C)=C(/C)C(=O)O)c1. The molecule has 0 aliphatic rings. The molecule has 0 saturated carbocycles. The number of aryl methyl sites for hydroxylation is 1. The lowest BCUT2D eigenvalue weighted by molar-refractivity contribution is -0.132. The Morgan fingerprint density at radius 3 is 2.60 bits per heavy atom. The summed E-state index contributed by atoms with van der Waals surface area (Å²) in [6, 6.07) is 16.1. The van der Waals surface area contributed by atoms with Crippen LogP contribution in [0.1, 0.15) is 32.8 Å². The number of allylic oxidation sites excluding steroid dienone is 3. The third kappa shape index (κ3) is 7.25. The van der Waals surface area contributed by atoms with E-state index < -0.39 is 5.97 Å². The minimum Gasteiger partial charge on any atom is -0.489 e. The van der Waals surface area contributed by atoms with E-state index in [1.807, 2.05) is 49.4 Å². The highest BCUT2D eigenvalue weighted by atomic mass is 16.5. The third-order valence-electron chi connectivity index (χ3n) is 4.87. The summed E-state index contributed by atoms with van der Waals surface area (Å²) < 4.78 is 5.86. The molecule has 3 nitrogen and oxygen atoms in total. The van der Waals surface area contributed by atoms with Gasteiger partial charge in [0.05, 0.1) is 0 Å². The Hall–Kier alpha value is -3.33. The number of aliphatic carboxylic acids is 1. The number of carboxylic acid groups (broad SMARTS) is 1. The Balaban J connectivity index is 2.02. The molecule has 2 rings (SSSR count). The molecule has 2 aromatic rings. The van der Waals surface area contributed by atoms with Gasteiger partial charge >= 0.3 is 5.97 Å². The maximum atomic E-state index is 11.2. The van der Waals surface area contributed by atoms with Crippen molar-refractivity contribution in [2.75, 3.05) is 6.61 Å². The Morgan fingerprint density at radius 2 is 1.90 bits per heavy atom. The second kappa shape index (κ2) is 11.6. The maximum absolute atomic E-state index is 11.2. The van der Waals surface area contributed by atoms with Crippen molar-refractivity contribution < 1.29 is 14.6 Å². The second-order valence-corrected chi connectivity index (χ2v) is 7.27. The summed E-state index contributed by atoms with van der Waals surface area (Å²) >= 11 is 0. The van der Waals surface area contributed by atoms with Crippen LogP contribution in [0.5, 0.6) is 5.75 Å². The van der Waals surface area contributed by atoms with Crippen molar-refractivity contribution in [1.82, 2.24) is 0 Å². The first-order valence-electron chi connectivity index (χ1n) is 10.1. The first-order chi connectivity index (χ1) is 14.4. The van der Waals surface area contributed by atoms with Crippen LogP contribution in [0, 0.1) is 0 Å². The Bertz CT molecular complexity index is 1070. The lowest BCUT2D eigenvalue weighted by atomic mass is 10.0. The third-order valence-corrected chi connectivity index (χ3v) is 4.87. The monoisotopic (exact) mass is 402 g/mol. The fraction of sp³-hybridized carbons (Fsp3) is 0.222. The van der Waals surface area contributed by atoms with Gasteiger partial charge in [-0.05, 0) is 67.3 Å². The molecule has 0 aromatic heterocycles. The number of rotatable bonds is 9. The molecule has 1 N–H and O–H groups in total. The van der Waals surface area contributed by atoms with Gasteiger partial charge in [-0.1, -0.05) is 72.9 Å². The van der Waals surface area contributed by atoms with Gasteiger partial charge in [0.25, 0.3) is 0 Å². The smallest absolute Gasteiger partial charge is 0.331 e. The molecule has 0 amide bonds. The molecule has 30 heavy (non-hydrogen) atoms. The van der Waals surface area contributed by atoms with Crippen molar-refractivity contribution in [1.29, 1.82) is 0 Å². The fourth-order valence-electron chi connectivity index (χ4n) is 2.93. The Kier molecular flexibility index (Phi) is 8.89. The van der Waals surface area contributed by atoms with E-state index >= 15 is 0 Å². The number of hydrogen-bond acceptors (Lipinski definition) is 2. The molecule has 0 radical (unpaired) electrons. The predicted octanol–water partition coefficient (Wildman–Crippen LogP) is 4.81. The van der Waals surface area contributed by atoms with Crippen LogP contribution >= 0.6 is 0 Å². The van der Waals surface area contributed by atoms with Crippen LogP contribution in [0.3, 0.4) is 0 Å². The Labute approximate surface area is 179 Å². The molecule has 0 fully saturated rings. The highest BCUT2D eigenvalue weighted by Gasteiger charge is 2.08. The zero-order valence-corrected chi connectivity index (χ0v) is 18.0. The van der Waals surface area contributed by atoms with Gasteiger partial charge in [0, 0.05) is 5.57 Å². The summed E-state index contributed by atoms with van der Waals surface area (Å²) in [5, 5.41) is 11.4. The molecule has 156 valence electrons. The average Bonchev–Trinajstić information content (AvgIpc) is 2.74. The summed E-state index contributed by atoms with van der Waals surface area (Å²) in [6.07, 6.45) is 9.71. The van der Waals surface area contributed by atoms with E-state index in [2.05, 4.69) is 37.8 Å². The first-order valence-corrected chi connectivity index (χ1v) is 10.1. The van der Waals surface area contributed by atoms with Gasteiger partial charge in [-0.15, -0.1) is 0 Å². The van der Waals surface area contributed by atoms with Gasteiger partial charge in [-0.25, -0.2) is 4.79 Å². The maximum Gasteiger partial charge on any atom is 0.331 e. The van der Waals surface area contributed by atoms with E-state index in [1.165, 1.54) is 11.1 Å². The molecule has 2 aromatic carbocycles. The van der Waals surface area contributed by atoms with Gasteiger partial charge in [0.15, 0.2) is 0 Å². The van der Waals surface area contributed by atoms with Crippen LogP contribution in [-0.2, 0) is 11.2 Å². The normalized spacial score (nSPS) is 13.4. The summed E-state index contributed by atoms with van der Waals surface area (Å²) in [6.45, 7) is 9.86. The first kappa shape index (κ1) is 23.0. The minimum atomic E-state index is -0.930. The van der Waals surface area contributed by atoms with Crippen LogP contribution in [0.4, 0.5) is 0 Å². The molecule has 0 heterocycles. The molecule has 3 heteroatoms. The largest absolute Gasteiger partial charge is 0.489 e. The van der Waals surface area contributed by atoms with Crippen LogP contribution in [0.2, 0.25) is 0 Å². The van der Waals surface area contributed by atoms with Crippen LogP contribution in [-0.4, -0.2) is 17.7 Å². The Morgan fingerprint density at radius 1 is 1.13 bits per heavy atom. The van der Waals surface area contributed by atoms with Crippen molar-refractivity contribution in [2.24, 2.45) is 0 Å². The van der Waals surface area contributed by atoms with E-state index in [9.17, 15) is 9.90 Å². The number of ether oxygens (including phenoxy) is 1. The van der Waals surface area contributed by atoms with Crippen LogP contribution < -0.4 is 15.2 Å². The fourth-order valence-corrected chi connectivity index (χ4v) is 2.93. The van der Waals surface area contributed by atoms with Crippen molar-refractivity contribution in [3.63, 3.8) is 0 Å². The highest BCUT2D eigenvalue weighted by Crippen LogP contribution is 2.18. The van der Waals surface area contributed by atoms with Gasteiger partial charge in [0.1, 0.15) is 12.4 Å². The molecular formula is C27H30O3. The average molecular weight is 403 g/mol. The quantitative estimate of drug-likeness (QED) is 0.483. The summed E-state index contributed by atoms with van der Waals surface area (Å²) in [5.41, 5.74) is 3.44. The predicted molar refractivity (Wildman–Crippen MR) is 125 cm³/mol. The van der Waals surface area contributed by atoms with E-state index in [1.54, 1.807) is 13.0 Å². The second-order valence-electron chi connectivity index (χ2n) is 7.27. The molecule has 0 aliphatic carbocycles. The lowest BCUT2D eigenvalue weighted by Gasteiger charge is -2.10. The molecule has 0 spiro atoms. The van der Waals surface area contributed by atoms with E-state index in [0.717, 1.165) is 29.0 Å². The van der Waals surface area contributed by atoms with Crippen LogP contribution in [0.25, 0.3) is 12.7 Å². The number of carbonyl (C=O) groups is 1. The summed E-state index contributed by atoms with van der Waals surface area (Å²) in [4.78, 5) is 11.2. The molecule has 0 saturated heterocycles. The number of benzene rings is 2. The molecular weight excluding hydrogens is 372 g/mol. The minimum absolute atomic E-state index is 0.226. The highest BCUT2D eigenvalue weighted by molar-refractivity contribution is 5.87. The van der Waals surface area contributed by atoms with E-state index in [4.69, 9.17) is 4.74 Å². The van der Waals surface area contributed by atoms with Gasteiger partial charge in [-0.3, -0.25) is 0 Å². The molecule has 0 aliphatic heterocycles. The van der Waals surface area contributed by atoms with Crippen molar-refractivity contribution in [2.45, 2.75) is 33.6 Å². The molecule has 0 bridgehead atoms. The van der Waals surface area contributed by atoms with Crippen molar-refractivity contribution in [3.05, 3.63) is 99.5 Å². The molecule has 0 atom stereocenters. The van der Waals surface area contributed by atoms with Gasteiger partial charge < -0.3 is 9.84 Å².